The number of hydrogen-bond donors (Lipinski definition) is 4. The van der Waals surface area contributed by atoms with Crippen molar-refractivity contribution in [3.8, 4) is 0 Å². The van der Waals surface area contributed by atoms with E-state index in [-0.39, 0.29) is 22.2 Å². The van der Waals surface area contributed by atoms with E-state index in [1.54, 1.807) is 6.92 Å². The van der Waals surface area contributed by atoms with Gasteiger partial charge in [-0.25, -0.2) is 14.6 Å². The average Bonchev–Trinajstić information content (AvgIpc) is 3.11. The van der Waals surface area contributed by atoms with Crippen molar-refractivity contribution in [1.29, 1.82) is 0 Å². The minimum absolute atomic E-state index is 0.0445. The molecule has 14 heteroatoms. The topological polar surface area (TPSA) is 185 Å². The Morgan fingerprint density at radius 3 is 2.61 bits per heavy atom. The molecule has 2 aliphatic rings. The van der Waals surface area contributed by atoms with Gasteiger partial charge in [-0.2, -0.15) is 0 Å². The predicted octanol–water partition coefficient (Wildman–Crippen LogP) is 0.0677. The van der Waals surface area contributed by atoms with Crippen molar-refractivity contribution in [2.24, 2.45) is 5.16 Å². The third-order valence-electron chi connectivity index (χ3n) is 4.51. The van der Waals surface area contributed by atoms with E-state index in [1.807, 2.05) is 0 Å². The number of nitrogens with one attached hydrogen (secondary N) is 1. The molecule has 2 amide bonds. The first-order valence-corrected chi connectivity index (χ1v) is 10.8. The van der Waals surface area contributed by atoms with E-state index in [0.29, 0.717) is 11.3 Å². The fourth-order valence-corrected chi connectivity index (χ4v) is 4.63. The molecule has 3 heterocycles. The maximum absolute atomic E-state index is 12.9. The molecule has 0 saturated carbocycles. The number of carboxylic acid groups (broad SMARTS) is 2. The van der Waals surface area contributed by atoms with Crippen LogP contribution >= 0.6 is 23.1 Å². The molecular weight excluding hydrogens is 450 g/mol. The molecule has 1 saturated heterocycles. The SMILES string of the molecule is CC1=C(C(=O)O)N2C(=O)C(NC(=O)/C(=N\OC(C)(C)C(=O)O)c3csc(N)n3)C2SC1. The number of nitrogens with zero attached hydrogens (tertiary/aromatic N) is 3. The molecule has 0 bridgehead atoms. The van der Waals surface area contributed by atoms with E-state index in [0.717, 1.165) is 16.2 Å². The molecule has 2 atom stereocenters. The molecule has 12 nitrogen and oxygen atoms in total. The minimum atomic E-state index is -1.73. The summed E-state index contributed by atoms with van der Waals surface area (Å²) in [5.74, 6) is -3.55. The van der Waals surface area contributed by atoms with Crippen molar-refractivity contribution >= 4 is 57.7 Å². The second kappa shape index (κ2) is 8.19. The van der Waals surface area contributed by atoms with Gasteiger partial charge in [0.1, 0.15) is 22.8 Å². The second-order valence-corrected chi connectivity index (χ2v) is 9.21. The third kappa shape index (κ3) is 4.20. The van der Waals surface area contributed by atoms with E-state index < -0.39 is 40.8 Å². The summed E-state index contributed by atoms with van der Waals surface area (Å²) in [5.41, 5.74) is 4.03. The zero-order valence-electron chi connectivity index (χ0n) is 16.6. The molecule has 1 fully saturated rings. The molecule has 3 rings (SSSR count). The van der Waals surface area contributed by atoms with Crippen LogP contribution in [-0.4, -0.2) is 72.3 Å². The monoisotopic (exact) mass is 469 g/mol. The van der Waals surface area contributed by atoms with Crippen LogP contribution in [0.3, 0.4) is 0 Å². The van der Waals surface area contributed by atoms with Gasteiger partial charge in [-0.1, -0.05) is 5.16 Å². The highest BCUT2D eigenvalue weighted by Crippen LogP contribution is 2.40. The van der Waals surface area contributed by atoms with E-state index in [1.165, 1.54) is 31.0 Å². The van der Waals surface area contributed by atoms with Gasteiger partial charge >= 0.3 is 11.9 Å². The first kappa shape index (κ1) is 22.6. The van der Waals surface area contributed by atoms with Crippen molar-refractivity contribution in [3.05, 3.63) is 22.3 Å². The summed E-state index contributed by atoms with van der Waals surface area (Å²) in [6, 6.07) is -0.992. The lowest BCUT2D eigenvalue weighted by molar-refractivity contribution is -0.161. The van der Waals surface area contributed by atoms with Gasteiger partial charge in [-0.05, 0) is 26.3 Å². The zero-order valence-corrected chi connectivity index (χ0v) is 18.2. The van der Waals surface area contributed by atoms with Crippen molar-refractivity contribution in [1.82, 2.24) is 15.2 Å². The van der Waals surface area contributed by atoms with Gasteiger partial charge in [0.2, 0.25) is 5.60 Å². The number of aromatic nitrogens is 1. The first-order valence-electron chi connectivity index (χ1n) is 8.83. The van der Waals surface area contributed by atoms with E-state index >= 15 is 0 Å². The van der Waals surface area contributed by atoms with Crippen LogP contribution in [0.1, 0.15) is 26.5 Å². The highest BCUT2D eigenvalue weighted by molar-refractivity contribution is 8.00. The van der Waals surface area contributed by atoms with Crippen LogP contribution in [0.4, 0.5) is 5.13 Å². The number of amides is 2. The van der Waals surface area contributed by atoms with Crippen LogP contribution in [-0.2, 0) is 24.0 Å². The minimum Gasteiger partial charge on any atom is -0.478 e. The summed E-state index contributed by atoms with van der Waals surface area (Å²) < 4.78 is 0. The zero-order chi connectivity index (χ0) is 23.1. The maximum atomic E-state index is 12.9. The molecule has 0 aromatic carbocycles. The van der Waals surface area contributed by atoms with Crippen molar-refractivity contribution < 1.29 is 34.2 Å². The number of rotatable bonds is 7. The van der Waals surface area contributed by atoms with Crippen molar-refractivity contribution in [2.75, 3.05) is 11.5 Å². The van der Waals surface area contributed by atoms with Crippen molar-refractivity contribution in [2.45, 2.75) is 37.8 Å². The van der Waals surface area contributed by atoms with Crippen molar-refractivity contribution in [3.63, 3.8) is 0 Å². The molecule has 1 aromatic rings. The Morgan fingerprint density at radius 2 is 2.06 bits per heavy atom. The molecule has 166 valence electrons. The van der Waals surface area contributed by atoms with Gasteiger partial charge in [0, 0.05) is 11.1 Å². The van der Waals surface area contributed by atoms with Crippen LogP contribution in [0.2, 0.25) is 0 Å². The van der Waals surface area contributed by atoms with Crippen LogP contribution in [0.5, 0.6) is 0 Å². The Bertz CT molecular complexity index is 1030. The largest absolute Gasteiger partial charge is 0.478 e. The molecule has 5 N–H and O–H groups in total. The quantitative estimate of drug-likeness (QED) is 0.242. The van der Waals surface area contributed by atoms with E-state index in [9.17, 15) is 29.4 Å². The summed E-state index contributed by atoms with van der Waals surface area (Å²) in [4.78, 5) is 58.4. The number of hydrogen-bond acceptors (Lipinski definition) is 10. The number of thiazole rings is 1. The van der Waals surface area contributed by atoms with Crippen LogP contribution in [0.25, 0.3) is 0 Å². The Hall–Kier alpha value is -3.13. The lowest BCUT2D eigenvalue weighted by Crippen LogP contribution is -2.71. The molecule has 31 heavy (non-hydrogen) atoms. The summed E-state index contributed by atoms with van der Waals surface area (Å²) in [5, 5.41) is 25.8. The lowest BCUT2D eigenvalue weighted by atomic mass is 10.0. The van der Waals surface area contributed by atoms with Gasteiger partial charge in [0.05, 0.1) is 0 Å². The Balaban J connectivity index is 1.83. The Kier molecular flexibility index (Phi) is 5.96. The molecule has 2 aliphatic heterocycles. The maximum Gasteiger partial charge on any atom is 0.352 e. The molecule has 1 aromatic heterocycles. The number of thioether (sulfide) groups is 1. The van der Waals surface area contributed by atoms with Crippen LogP contribution in [0.15, 0.2) is 21.8 Å². The Labute approximate surface area is 184 Å². The van der Waals surface area contributed by atoms with Crippen LogP contribution in [0, 0.1) is 0 Å². The number of oxime groups is 1. The molecule has 2 unspecified atom stereocenters. The summed E-state index contributed by atoms with van der Waals surface area (Å²) in [6.45, 7) is 4.13. The smallest absolute Gasteiger partial charge is 0.352 e. The number of nitrogens with two attached hydrogens (primary N) is 1. The molecule has 0 spiro atoms. The number of anilines is 1. The van der Waals surface area contributed by atoms with Gasteiger partial charge < -0.3 is 26.1 Å². The standard InChI is InChI=1S/C17H19N5O7S2/c1-6-4-30-13-9(12(24)22(13)10(6)14(25)26)20-11(23)8(7-5-31-16(18)19-7)21-29-17(2,3)15(27)28/h5,9,13H,4H2,1-3H3,(H2,18,19)(H,20,23)(H,25,26)(H,27,28)/b21-8-. The number of fused-ring (bicyclic) bond motifs is 1. The van der Waals surface area contributed by atoms with Gasteiger partial charge in [-0.15, -0.1) is 23.1 Å². The van der Waals surface area contributed by atoms with E-state index in [4.69, 9.17) is 10.6 Å². The fourth-order valence-electron chi connectivity index (χ4n) is 2.78. The van der Waals surface area contributed by atoms with Gasteiger partial charge in [0.25, 0.3) is 11.8 Å². The molecular formula is C17H19N5O7S2. The fraction of sp³-hybridized carbons (Fsp3) is 0.412. The summed E-state index contributed by atoms with van der Waals surface area (Å²) in [7, 11) is 0. The molecule has 0 radical (unpaired) electrons. The third-order valence-corrected chi connectivity index (χ3v) is 6.61. The average molecular weight is 470 g/mol. The number of carboxylic acids is 2. The van der Waals surface area contributed by atoms with E-state index in [2.05, 4.69) is 15.5 Å². The van der Waals surface area contributed by atoms with Crippen LogP contribution < -0.4 is 11.1 Å². The highest BCUT2D eigenvalue weighted by Gasteiger charge is 2.54. The number of carbonyl (C=O) groups is 4. The van der Waals surface area contributed by atoms with Gasteiger partial charge in [0.15, 0.2) is 10.8 Å². The highest BCUT2D eigenvalue weighted by atomic mass is 32.2. The molecule has 0 aliphatic carbocycles. The number of β-lactam (4-membered cyclic amide) rings is 1. The normalized spacial score (nSPS) is 21.3. The number of carbonyl (C=O) groups excluding carboxylic acids is 2. The predicted molar refractivity (Wildman–Crippen MR) is 111 cm³/mol. The Morgan fingerprint density at radius 1 is 1.39 bits per heavy atom. The number of nitrogen functional groups attached to an aromatic ring is 1. The lowest BCUT2D eigenvalue weighted by Gasteiger charge is -2.49. The first-order chi connectivity index (χ1) is 14.4. The van der Waals surface area contributed by atoms with Gasteiger partial charge in [-0.3, -0.25) is 14.5 Å². The second-order valence-electron chi connectivity index (χ2n) is 7.21. The summed E-state index contributed by atoms with van der Waals surface area (Å²) in [6.07, 6.45) is 0. The summed E-state index contributed by atoms with van der Waals surface area (Å²) >= 11 is 2.35. The number of aliphatic carboxylic acids is 2.